The van der Waals surface area contributed by atoms with E-state index in [-0.39, 0.29) is 11.8 Å². The van der Waals surface area contributed by atoms with Gasteiger partial charge in [0.05, 0.1) is 0 Å². The Labute approximate surface area is 97.2 Å². The third-order valence-electron chi connectivity index (χ3n) is 3.19. The number of nitrogens with two attached hydrogens (primary N) is 1. The number of hydrogen-bond acceptors (Lipinski definition) is 2. The number of carbonyl (C=O) groups excluding carboxylic acids is 2. The number of piperidine rings is 1. The molecule has 0 bridgehead atoms. The molecule has 4 heteroatoms. The van der Waals surface area contributed by atoms with Gasteiger partial charge in [0.15, 0.2) is 0 Å². The van der Waals surface area contributed by atoms with Crippen molar-refractivity contribution >= 4 is 11.8 Å². The molecule has 0 radical (unpaired) electrons. The first kappa shape index (κ1) is 13.0. The summed E-state index contributed by atoms with van der Waals surface area (Å²) in [6.45, 7) is 3.01. The van der Waals surface area contributed by atoms with E-state index in [1.807, 2.05) is 4.90 Å². The third-order valence-corrected chi connectivity index (χ3v) is 3.19. The topological polar surface area (TPSA) is 63.4 Å². The highest BCUT2D eigenvalue weighted by molar-refractivity contribution is 5.77. The maximum absolute atomic E-state index is 11.9. The summed E-state index contributed by atoms with van der Waals surface area (Å²) in [4.78, 5) is 24.4. The minimum Gasteiger partial charge on any atom is -0.370 e. The second-order valence-electron chi connectivity index (χ2n) is 4.61. The van der Waals surface area contributed by atoms with Gasteiger partial charge >= 0.3 is 0 Å². The second kappa shape index (κ2) is 6.51. The minimum atomic E-state index is -0.279. The normalized spacial score (nSPS) is 20.8. The molecular formula is C12H22N2O2. The highest BCUT2D eigenvalue weighted by Crippen LogP contribution is 2.18. The number of carbonyl (C=O) groups is 2. The number of unbranched alkanes of at least 4 members (excludes halogenated alkanes) is 1. The van der Waals surface area contributed by atoms with Crippen molar-refractivity contribution in [3.8, 4) is 0 Å². The van der Waals surface area contributed by atoms with Crippen LogP contribution in [0, 0.1) is 0 Å². The van der Waals surface area contributed by atoms with Gasteiger partial charge in [-0.15, -0.1) is 0 Å². The van der Waals surface area contributed by atoms with Crippen LogP contribution in [0.25, 0.3) is 0 Å². The molecule has 1 aliphatic rings. The van der Waals surface area contributed by atoms with E-state index in [9.17, 15) is 9.59 Å². The van der Waals surface area contributed by atoms with E-state index in [0.29, 0.717) is 18.9 Å². The van der Waals surface area contributed by atoms with Gasteiger partial charge < -0.3 is 10.6 Å². The van der Waals surface area contributed by atoms with Gasteiger partial charge in [0, 0.05) is 25.4 Å². The van der Waals surface area contributed by atoms with Crippen molar-refractivity contribution in [2.45, 2.75) is 57.9 Å². The van der Waals surface area contributed by atoms with Crippen molar-refractivity contribution < 1.29 is 9.59 Å². The lowest BCUT2D eigenvalue weighted by Gasteiger charge is -2.33. The van der Waals surface area contributed by atoms with E-state index >= 15 is 0 Å². The fourth-order valence-corrected chi connectivity index (χ4v) is 2.19. The number of hydrogen-bond donors (Lipinski definition) is 1. The standard InChI is InChI=1S/C12H22N2O2/c1-10-6-4-5-9-14(10)12(16)8-3-2-7-11(13)15/h10H,2-9H2,1H3,(H2,13,15). The highest BCUT2D eigenvalue weighted by atomic mass is 16.2. The Hall–Kier alpha value is -1.06. The highest BCUT2D eigenvalue weighted by Gasteiger charge is 2.22. The number of rotatable bonds is 5. The molecule has 1 aliphatic heterocycles. The molecule has 1 saturated heterocycles. The van der Waals surface area contributed by atoms with Gasteiger partial charge in [-0.1, -0.05) is 0 Å². The monoisotopic (exact) mass is 226 g/mol. The molecule has 0 saturated carbocycles. The van der Waals surface area contributed by atoms with Crippen molar-refractivity contribution in [1.29, 1.82) is 0 Å². The molecule has 0 aromatic heterocycles. The molecule has 4 nitrogen and oxygen atoms in total. The molecular weight excluding hydrogens is 204 g/mol. The molecule has 92 valence electrons. The van der Waals surface area contributed by atoms with Crippen LogP contribution in [0.15, 0.2) is 0 Å². The zero-order valence-corrected chi connectivity index (χ0v) is 10.1. The number of nitrogens with zero attached hydrogens (tertiary/aromatic N) is 1. The van der Waals surface area contributed by atoms with Crippen LogP contribution in [0.5, 0.6) is 0 Å². The molecule has 16 heavy (non-hydrogen) atoms. The van der Waals surface area contributed by atoms with Gasteiger partial charge in [-0.2, -0.15) is 0 Å². The Balaban J connectivity index is 2.20. The predicted molar refractivity (Wildman–Crippen MR) is 62.7 cm³/mol. The lowest BCUT2D eigenvalue weighted by Crippen LogP contribution is -2.41. The van der Waals surface area contributed by atoms with Gasteiger partial charge in [0.25, 0.3) is 0 Å². The van der Waals surface area contributed by atoms with Crippen LogP contribution < -0.4 is 5.73 Å². The summed E-state index contributed by atoms with van der Waals surface area (Å²) in [5.41, 5.74) is 5.04. The summed E-state index contributed by atoms with van der Waals surface area (Å²) < 4.78 is 0. The summed E-state index contributed by atoms with van der Waals surface area (Å²) >= 11 is 0. The fraction of sp³-hybridized carbons (Fsp3) is 0.833. The smallest absolute Gasteiger partial charge is 0.222 e. The second-order valence-corrected chi connectivity index (χ2v) is 4.61. The summed E-state index contributed by atoms with van der Waals surface area (Å²) in [5, 5.41) is 0. The van der Waals surface area contributed by atoms with Gasteiger partial charge in [-0.3, -0.25) is 9.59 Å². The molecule has 0 aliphatic carbocycles. The predicted octanol–water partition coefficient (Wildman–Crippen LogP) is 1.43. The lowest BCUT2D eigenvalue weighted by atomic mass is 10.0. The van der Waals surface area contributed by atoms with Crippen LogP contribution in [0.4, 0.5) is 0 Å². The zero-order chi connectivity index (χ0) is 12.0. The molecule has 1 rings (SSSR count). The molecule has 0 aromatic carbocycles. The summed E-state index contributed by atoms with van der Waals surface area (Å²) in [6, 6.07) is 0.386. The van der Waals surface area contributed by atoms with E-state index in [2.05, 4.69) is 6.92 Å². The van der Waals surface area contributed by atoms with Crippen LogP contribution in [-0.4, -0.2) is 29.3 Å². The van der Waals surface area contributed by atoms with Crippen molar-refractivity contribution in [2.24, 2.45) is 5.73 Å². The molecule has 2 amide bonds. The van der Waals surface area contributed by atoms with Crippen LogP contribution in [0.3, 0.4) is 0 Å². The fourth-order valence-electron chi connectivity index (χ4n) is 2.19. The Morgan fingerprint density at radius 1 is 1.25 bits per heavy atom. The third kappa shape index (κ3) is 4.21. The first-order valence-corrected chi connectivity index (χ1v) is 6.19. The van der Waals surface area contributed by atoms with Gasteiger partial charge in [0.2, 0.25) is 11.8 Å². The Morgan fingerprint density at radius 3 is 2.56 bits per heavy atom. The van der Waals surface area contributed by atoms with E-state index in [1.54, 1.807) is 0 Å². The van der Waals surface area contributed by atoms with Crippen LogP contribution >= 0.6 is 0 Å². The van der Waals surface area contributed by atoms with Crippen molar-refractivity contribution in [2.75, 3.05) is 6.54 Å². The lowest BCUT2D eigenvalue weighted by molar-refractivity contribution is -0.134. The summed E-state index contributed by atoms with van der Waals surface area (Å²) in [7, 11) is 0. The Bertz CT molecular complexity index is 253. The average molecular weight is 226 g/mol. The van der Waals surface area contributed by atoms with Gasteiger partial charge in [-0.05, 0) is 39.0 Å². The van der Waals surface area contributed by atoms with E-state index in [4.69, 9.17) is 5.73 Å². The maximum Gasteiger partial charge on any atom is 0.222 e. The largest absolute Gasteiger partial charge is 0.370 e. The van der Waals surface area contributed by atoms with Crippen molar-refractivity contribution in [3.63, 3.8) is 0 Å². The molecule has 1 heterocycles. The number of amides is 2. The molecule has 0 spiro atoms. The Morgan fingerprint density at radius 2 is 1.94 bits per heavy atom. The number of likely N-dealkylation sites (tertiary alicyclic amines) is 1. The van der Waals surface area contributed by atoms with E-state index in [1.165, 1.54) is 6.42 Å². The molecule has 2 N–H and O–H groups in total. The summed E-state index contributed by atoms with van der Waals surface area (Å²) in [5.74, 6) is -0.0459. The van der Waals surface area contributed by atoms with Gasteiger partial charge in [0.1, 0.15) is 0 Å². The maximum atomic E-state index is 11.9. The van der Waals surface area contributed by atoms with Crippen molar-refractivity contribution in [1.82, 2.24) is 4.90 Å². The first-order valence-electron chi connectivity index (χ1n) is 6.19. The zero-order valence-electron chi connectivity index (χ0n) is 10.1. The molecule has 1 atom stereocenters. The van der Waals surface area contributed by atoms with Crippen LogP contribution in [0.1, 0.15) is 51.9 Å². The van der Waals surface area contributed by atoms with Crippen LogP contribution in [-0.2, 0) is 9.59 Å². The SMILES string of the molecule is CC1CCCCN1C(=O)CCCCC(N)=O. The average Bonchev–Trinajstić information content (AvgIpc) is 2.24. The number of primary amides is 1. The first-order chi connectivity index (χ1) is 7.61. The van der Waals surface area contributed by atoms with Crippen molar-refractivity contribution in [3.05, 3.63) is 0 Å². The minimum absolute atomic E-state index is 0.233. The quantitative estimate of drug-likeness (QED) is 0.721. The molecule has 1 unspecified atom stereocenters. The van der Waals surface area contributed by atoms with E-state index < -0.39 is 0 Å². The Kier molecular flexibility index (Phi) is 5.29. The molecule has 1 fully saturated rings. The van der Waals surface area contributed by atoms with E-state index in [0.717, 1.165) is 32.2 Å². The summed E-state index contributed by atoms with van der Waals surface area (Å²) in [6.07, 6.45) is 5.91. The van der Waals surface area contributed by atoms with Crippen LogP contribution in [0.2, 0.25) is 0 Å². The molecule has 0 aromatic rings. The van der Waals surface area contributed by atoms with Gasteiger partial charge in [-0.25, -0.2) is 0 Å².